The van der Waals surface area contributed by atoms with E-state index in [-0.39, 0.29) is 0 Å². The molecule has 1 aliphatic heterocycles. The van der Waals surface area contributed by atoms with Crippen molar-refractivity contribution in [1.82, 2.24) is 14.7 Å². The standard InChI is InChI=1S/C15H22N4/c1-18(2)13-4-3-9-19-14(13)11-17-15(19)10-12-5-7-16-8-6-12/h3-4,9,11-12,16H,5-8,10H2,1-2H3. The molecule has 0 atom stereocenters. The number of anilines is 1. The molecule has 0 bridgehead atoms. The van der Waals surface area contributed by atoms with Crippen LogP contribution in [-0.4, -0.2) is 36.6 Å². The summed E-state index contributed by atoms with van der Waals surface area (Å²) in [4.78, 5) is 6.79. The van der Waals surface area contributed by atoms with Gasteiger partial charge >= 0.3 is 0 Å². The number of piperidine rings is 1. The van der Waals surface area contributed by atoms with E-state index >= 15 is 0 Å². The van der Waals surface area contributed by atoms with Crippen LogP contribution >= 0.6 is 0 Å². The van der Waals surface area contributed by atoms with Crippen molar-refractivity contribution in [2.24, 2.45) is 5.92 Å². The maximum atomic E-state index is 4.65. The summed E-state index contributed by atoms with van der Waals surface area (Å²) < 4.78 is 2.25. The summed E-state index contributed by atoms with van der Waals surface area (Å²) in [6.45, 7) is 2.30. The Morgan fingerprint density at radius 2 is 2.16 bits per heavy atom. The monoisotopic (exact) mass is 258 g/mol. The molecule has 1 saturated heterocycles. The number of nitrogens with zero attached hydrogens (tertiary/aromatic N) is 3. The van der Waals surface area contributed by atoms with Gasteiger partial charge in [0.1, 0.15) is 5.82 Å². The van der Waals surface area contributed by atoms with Crippen molar-refractivity contribution >= 4 is 11.2 Å². The highest BCUT2D eigenvalue weighted by Crippen LogP contribution is 2.23. The number of hydrogen-bond donors (Lipinski definition) is 1. The zero-order valence-electron chi connectivity index (χ0n) is 11.8. The Kier molecular flexibility index (Phi) is 3.42. The van der Waals surface area contributed by atoms with Crippen LogP contribution in [0.4, 0.5) is 5.69 Å². The highest BCUT2D eigenvalue weighted by atomic mass is 15.1. The van der Waals surface area contributed by atoms with Gasteiger partial charge in [-0.3, -0.25) is 0 Å². The molecular weight excluding hydrogens is 236 g/mol. The SMILES string of the molecule is CN(C)c1cccn2c(CC3CCNCC3)ncc12. The maximum Gasteiger partial charge on any atom is 0.113 e. The summed E-state index contributed by atoms with van der Waals surface area (Å²) in [5.41, 5.74) is 2.43. The second kappa shape index (κ2) is 5.21. The molecule has 1 N–H and O–H groups in total. The molecule has 3 heterocycles. The van der Waals surface area contributed by atoms with Gasteiger partial charge in [-0.2, -0.15) is 0 Å². The zero-order valence-corrected chi connectivity index (χ0v) is 11.8. The molecule has 3 rings (SSSR count). The van der Waals surface area contributed by atoms with E-state index in [1.165, 1.54) is 29.9 Å². The topological polar surface area (TPSA) is 32.6 Å². The Hall–Kier alpha value is -1.55. The van der Waals surface area contributed by atoms with Crippen molar-refractivity contribution in [1.29, 1.82) is 0 Å². The van der Waals surface area contributed by atoms with E-state index < -0.39 is 0 Å². The van der Waals surface area contributed by atoms with Crippen LogP contribution in [0.25, 0.3) is 5.52 Å². The number of nitrogens with one attached hydrogen (secondary N) is 1. The van der Waals surface area contributed by atoms with Gasteiger partial charge in [0.15, 0.2) is 0 Å². The molecule has 1 aliphatic rings. The van der Waals surface area contributed by atoms with Crippen molar-refractivity contribution in [3.63, 3.8) is 0 Å². The van der Waals surface area contributed by atoms with E-state index in [9.17, 15) is 0 Å². The lowest BCUT2D eigenvalue weighted by atomic mass is 9.94. The quantitative estimate of drug-likeness (QED) is 0.913. The van der Waals surface area contributed by atoms with Gasteiger partial charge in [-0.25, -0.2) is 4.98 Å². The molecule has 0 radical (unpaired) electrons. The molecule has 4 heteroatoms. The second-order valence-electron chi connectivity index (χ2n) is 5.62. The van der Waals surface area contributed by atoms with Gasteiger partial charge in [-0.15, -0.1) is 0 Å². The average Bonchev–Trinajstić information content (AvgIpc) is 2.83. The molecule has 2 aromatic heterocycles. The minimum atomic E-state index is 0.773. The van der Waals surface area contributed by atoms with Gasteiger partial charge in [0, 0.05) is 26.7 Å². The first kappa shape index (κ1) is 12.5. The first-order valence-electron chi connectivity index (χ1n) is 7.08. The molecule has 1 fully saturated rings. The Balaban J connectivity index is 1.90. The molecule has 2 aromatic rings. The smallest absolute Gasteiger partial charge is 0.113 e. The van der Waals surface area contributed by atoms with Crippen LogP contribution in [0.2, 0.25) is 0 Å². The first-order chi connectivity index (χ1) is 9.25. The summed E-state index contributed by atoms with van der Waals surface area (Å²) in [7, 11) is 4.16. The van der Waals surface area contributed by atoms with Gasteiger partial charge in [-0.1, -0.05) is 0 Å². The Morgan fingerprint density at radius 1 is 1.37 bits per heavy atom. The average molecular weight is 258 g/mol. The largest absolute Gasteiger partial charge is 0.376 e. The van der Waals surface area contributed by atoms with Crippen molar-refractivity contribution in [3.8, 4) is 0 Å². The third kappa shape index (κ3) is 2.45. The molecule has 0 aliphatic carbocycles. The molecule has 0 saturated carbocycles. The number of rotatable bonds is 3. The Morgan fingerprint density at radius 3 is 2.89 bits per heavy atom. The van der Waals surface area contributed by atoms with Gasteiger partial charge in [0.25, 0.3) is 0 Å². The molecule has 0 aromatic carbocycles. The third-order valence-electron chi connectivity index (χ3n) is 4.04. The lowest BCUT2D eigenvalue weighted by Gasteiger charge is -2.22. The maximum absolute atomic E-state index is 4.65. The van der Waals surface area contributed by atoms with Gasteiger partial charge in [0.2, 0.25) is 0 Å². The van der Waals surface area contributed by atoms with Gasteiger partial charge in [-0.05, 0) is 44.0 Å². The molecule has 19 heavy (non-hydrogen) atoms. The normalized spacial score (nSPS) is 16.9. The summed E-state index contributed by atoms with van der Waals surface area (Å²) in [6, 6.07) is 4.25. The lowest BCUT2D eigenvalue weighted by molar-refractivity contribution is 0.367. The Bertz CT molecular complexity index is 552. The molecule has 0 unspecified atom stereocenters. The number of pyridine rings is 1. The highest BCUT2D eigenvalue weighted by molar-refractivity contribution is 5.72. The van der Waals surface area contributed by atoms with Crippen LogP contribution in [0.1, 0.15) is 18.7 Å². The van der Waals surface area contributed by atoms with Crippen molar-refractivity contribution in [2.45, 2.75) is 19.3 Å². The van der Waals surface area contributed by atoms with Crippen LogP contribution in [0.3, 0.4) is 0 Å². The van der Waals surface area contributed by atoms with Crippen molar-refractivity contribution in [2.75, 3.05) is 32.1 Å². The van der Waals surface area contributed by atoms with Crippen LogP contribution in [0.5, 0.6) is 0 Å². The molecule has 0 spiro atoms. The predicted octanol–water partition coefficient (Wildman–Crippen LogP) is 1.94. The summed E-state index contributed by atoms with van der Waals surface area (Å²) in [5, 5.41) is 3.42. The predicted molar refractivity (Wildman–Crippen MR) is 78.8 cm³/mol. The van der Waals surface area contributed by atoms with E-state index in [1.54, 1.807) is 0 Å². The highest BCUT2D eigenvalue weighted by Gasteiger charge is 2.16. The number of fused-ring (bicyclic) bond motifs is 1. The minimum absolute atomic E-state index is 0.773. The summed E-state index contributed by atoms with van der Waals surface area (Å²) in [5.74, 6) is 1.97. The lowest BCUT2D eigenvalue weighted by Crippen LogP contribution is -2.29. The molecule has 4 nitrogen and oxygen atoms in total. The number of hydrogen-bond acceptors (Lipinski definition) is 3. The first-order valence-corrected chi connectivity index (χ1v) is 7.08. The minimum Gasteiger partial charge on any atom is -0.376 e. The van der Waals surface area contributed by atoms with E-state index in [2.05, 4.69) is 52.0 Å². The third-order valence-corrected chi connectivity index (χ3v) is 4.04. The van der Waals surface area contributed by atoms with Crippen molar-refractivity contribution < 1.29 is 0 Å². The zero-order chi connectivity index (χ0) is 13.2. The van der Waals surface area contributed by atoms with Gasteiger partial charge in [0.05, 0.1) is 17.4 Å². The number of imidazole rings is 1. The van der Waals surface area contributed by atoms with E-state index in [0.29, 0.717) is 0 Å². The fourth-order valence-electron chi connectivity index (χ4n) is 2.93. The van der Waals surface area contributed by atoms with Crippen LogP contribution in [-0.2, 0) is 6.42 Å². The fraction of sp³-hybridized carbons (Fsp3) is 0.533. The van der Waals surface area contributed by atoms with E-state index in [1.807, 2.05) is 6.20 Å². The summed E-state index contributed by atoms with van der Waals surface area (Å²) >= 11 is 0. The van der Waals surface area contributed by atoms with Crippen LogP contribution in [0.15, 0.2) is 24.5 Å². The fourth-order valence-corrected chi connectivity index (χ4v) is 2.93. The van der Waals surface area contributed by atoms with E-state index in [0.717, 1.165) is 25.4 Å². The Labute approximate surface area is 114 Å². The van der Waals surface area contributed by atoms with Crippen LogP contribution in [0, 0.1) is 5.92 Å². The van der Waals surface area contributed by atoms with Crippen molar-refractivity contribution in [3.05, 3.63) is 30.4 Å². The van der Waals surface area contributed by atoms with E-state index in [4.69, 9.17) is 0 Å². The van der Waals surface area contributed by atoms with Crippen LogP contribution < -0.4 is 10.2 Å². The molecular formula is C15H22N4. The second-order valence-corrected chi connectivity index (χ2v) is 5.62. The van der Waals surface area contributed by atoms with Gasteiger partial charge < -0.3 is 14.6 Å². The summed E-state index contributed by atoms with van der Waals surface area (Å²) in [6.07, 6.45) is 7.76. The molecule has 102 valence electrons. The number of aromatic nitrogens is 2. The molecule has 0 amide bonds.